The maximum atomic E-state index is 13.6. The molecule has 0 heterocycles. The van der Waals surface area contributed by atoms with Crippen LogP contribution in [-0.2, 0) is 4.79 Å². The number of carbonyl (C=O) groups excluding carboxylic acids is 1. The maximum Gasteiger partial charge on any atom is 0.246 e. The first-order valence-corrected chi connectivity index (χ1v) is 8.07. The fourth-order valence-electron chi connectivity index (χ4n) is 2.16. The summed E-state index contributed by atoms with van der Waals surface area (Å²) in [5.41, 5.74) is 0.583. The first-order chi connectivity index (χ1) is 12.5. The van der Waals surface area contributed by atoms with Gasteiger partial charge in [-0.1, -0.05) is 6.07 Å². The van der Waals surface area contributed by atoms with Gasteiger partial charge in [-0.05, 0) is 48.0 Å². The van der Waals surface area contributed by atoms with Gasteiger partial charge in [0.2, 0.25) is 5.91 Å². The van der Waals surface area contributed by atoms with E-state index in [9.17, 15) is 9.18 Å². The summed E-state index contributed by atoms with van der Waals surface area (Å²) in [6, 6.07) is 11.7. The van der Waals surface area contributed by atoms with Crippen LogP contribution >= 0.6 is 0 Å². The first kappa shape index (κ1) is 19.3. The van der Waals surface area contributed by atoms with Crippen molar-refractivity contribution in [2.75, 3.05) is 34.4 Å². The molecule has 5 nitrogen and oxygen atoms in total. The van der Waals surface area contributed by atoms with Crippen molar-refractivity contribution in [1.29, 1.82) is 0 Å². The third-order valence-electron chi connectivity index (χ3n) is 3.73. The van der Waals surface area contributed by atoms with Gasteiger partial charge in [-0.2, -0.15) is 0 Å². The zero-order valence-electron chi connectivity index (χ0n) is 15.1. The van der Waals surface area contributed by atoms with E-state index in [2.05, 4.69) is 0 Å². The minimum Gasteiger partial charge on any atom is -0.497 e. The van der Waals surface area contributed by atoms with Crippen LogP contribution in [0.1, 0.15) is 5.56 Å². The zero-order chi connectivity index (χ0) is 18.9. The van der Waals surface area contributed by atoms with Crippen LogP contribution in [0.2, 0.25) is 0 Å². The minimum atomic E-state index is -0.469. The molecule has 0 saturated carbocycles. The predicted octanol–water partition coefficient (Wildman–Crippen LogP) is 3.39. The van der Waals surface area contributed by atoms with Crippen LogP contribution in [-0.4, -0.2) is 45.2 Å². The summed E-state index contributed by atoms with van der Waals surface area (Å²) < 4.78 is 29.2. The lowest BCUT2D eigenvalue weighted by Crippen LogP contribution is -2.29. The number of benzene rings is 2. The molecular formula is C20H22FNO4. The number of hydrogen-bond acceptors (Lipinski definition) is 4. The molecule has 0 aromatic heterocycles. The van der Waals surface area contributed by atoms with E-state index in [1.54, 1.807) is 50.6 Å². The molecule has 26 heavy (non-hydrogen) atoms. The number of halogens is 1. The van der Waals surface area contributed by atoms with Crippen molar-refractivity contribution < 1.29 is 23.4 Å². The van der Waals surface area contributed by atoms with Gasteiger partial charge in [-0.25, -0.2) is 4.39 Å². The van der Waals surface area contributed by atoms with Crippen LogP contribution in [0.15, 0.2) is 48.5 Å². The van der Waals surface area contributed by atoms with E-state index < -0.39 is 5.82 Å². The van der Waals surface area contributed by atoms with Gasteiger partial charge in [0.05, 0.1) is 20.8 Å². The van der Waals surface area contributed by atoms with Crippen molar-refractivity contribution in [3.63, 3.8) is 0 Å². The number of rotatable bonds is 8. The number of likely N-dealkylation sites (N-methyl/N-ethyl adjacent to an activating group) is 1. The molecule has 0 N–H and O–H groups in total. The second kappa shape index (κ2) is 9.46. The molecule has 6 heteroatoms. The second-order valence-electron chi connectivity index (χ2n) is 5.51. The smallest absolute Gasteiger partial charge is 0.246 e. The Morgan fingerprint density at radius 1 is 1.08 bits per heavy atom. The number of nitrogens with zero attached hydrogens (tertiary/aromatic N) is 1. The second-order valence-corrected chi connectivity index (χ2v) is 5.51. The molecule has 0 aliphatic rings. The number of hydrogen-bond donors (Lipinski definition) is 0. The molecule has 0 radical (unpaired) electrons. The Labute approximate surface area is 152 Å². The third-order valence-corrected chi connectivity index (χ3v) is 3.73. The van der Waals surface area contributed by atoms with E-state index in [0.717, 1.165) is 5.75 Å². The molecule has 2 aromatic rings. The Bertz CT molecular complexity index is 759. The highest BCUT2D eigenvalue weighted by atomic mass is 19.1. The molecule has 0 aliphatic heterocycles. The van der Waals surface area contributed by atoms with Crippen molar-refractivity contribution in [3.05, 3.63) is 59.9 Å². The van der Waals surface area contributed by atoms with E-state index in [-0.39, 0.29) is 11.7 Å². The summed E-state index contributed by atoms with van der Waals surface area (Å²) in [5.74, 6) is 0.963. The first-order valence-electron chi connectivity index (χ1n) is 8.07. The van der Waals surface area contributed by atoms with Crippen LogP contribution in [0.5, 0.6) is 17.2 Å². The Balaban J connectivity index is 1.81. The molecule has 0 unspecified atom stereocenters. The molecule has 0 saturated heterocycles. The van der Waals surface area contributed by atoms with E-state index in [4.69, 9.17) is 14.2 Å². The summed E-state index contributed by atoms with van der Waals surface area (Å²) in [5, 5.41) is 0. The third kappa shape index (κ3) is 5.51. The molecule has 0 atom stereocenters. The quantitative estimate of drug-likeness (QED) is 0.678. The van der Waals surface area contributed by atoms with Gasteiger partial charge in [0.1, 0.15) is 18.1 Å². The summed E-state index contributed by atoms with van der Waals surface area (Å²) in [6.45, 7) is 0.783. The largest absolute Gasteiger partial charge is 0.497 e. The molecule has 0 bridgehead atoms. The normalized spacial score (nSPS) is 10.6. The van der Waals surface area contributed by atoms with Gasteiger partial charge >= 0.3 is 0 Å². The lowest BCUT2D eigenvalue weighted by Gasteiger charge is -2.15. The average molecular weight is 359 g/mol. The van der Waals surface area contributed by atoms with Crippen molar-refractivity contribution in [2.24, 2.45) is 0 Å². The number of ether oxygens (including phenoxy) is 3. The monoisotopic (exact) mass is 359 g/mol. The number of amides is 1. The SMILES string of the molecule is COc1ccc(OCCN(C)C(=O)/C=C/c2ccc(OC)c(F)c2)cc1. The lowest BCUT2D eigenvalue weighted by atomic mass is 10.2. The molecule has 0 spiro atoms. The van der Waals surface area contributed by atoms with Crippen LogP contribution < -0.4 is 14.2 Å². The van der Waals surface area contributed by atoms with Gasteiger partial charge in [-0.15, -0.1) is 0 Å². The fourth-order valence-corrected chi connectivity index (χ4v) is 2.16. The van der Waals surface area contributed by atoms with Gasteiger partial charge in [0.25, 0.3) is 0 Å². The summed E-state index contributed by atoms with van der Waals surface area (Å²) >= 11 is 0. The fraction of sp³-hybridized carbons (Fsp3) is 0.250. The highest BCUT2D eigenvalue weighted by Gasteiger charge is 2.06. The maximum absolute atomic E-state index is 13.6. The predicted molar refractivity (Wildman–Crippen MR) is 98.1 cm³/mol. The number of methoxy groups -OCH3 is 2. The lowest BCUT2D eigenvalue weighted by molar-refractivity contribution is -0.125. The standard InChI is InChI=1S/C20H22FNO4/c1-22(12-13-26-17-8-6-16(24-2)7-9-17)20(23)11-5-15-4-10-19(25-3)18(21)14-15/h4-11,14H,12-13H2,1-3H3/b11-5+. The van der Waals surface area contributed by atoms with E-state index >= 15 is 0 Å². The van der Waals surface area contributed by atoms with Crippen LogP contribution in [0.25, 0.3) is 6.08 Å². The molecule has 0 aliphatic carbocycles. The van der Waals surface area contributed by atoms with Crippen LogP contribution in [0, 0.1) is 5.82 Å². The molecule has 2 rings (SSSR count). The van der Waals surface area contributed by atoms with Crippen molar-refractivity contribution in [2.45, 2.75) is 0 Å². The molecule has 138 valence electrons. The van der Waals surface area contributed by atoms with Gasteiger partial charge in [0, 0.05) is 13.1 Å². The minimum absolute atomic E-state index is 0.168. The highest BCUT2D eigenvalue weighted by Crippen LogP contribution is 2.18. The number of carbonyl (C=O) groups is 1. The van der Waals surface area contributed by atoms with E-state index in [0.29, 0.717) is 24.5 Å². The Morgan fingerprint density at radius 3 is 2.38 bits per heavy atom. The van der Waals surface area contributed by atoms with E-state index in [1.165, 1.54) is 30.2 Å². The highest BCUT2D eigenvalue weighted by molar-refractivity contribution is 5.91. The zero-order valence-corrected chi connectivity index (χ0v) is 15.1. The van der Waals surface area contributed by atoms with E-state index in [1.807, 2.05) is 0 Å². The molecule has 2 aromatic carbocycles. The Kier molecular flexibility index (Phi) is 7.02. The van der Waals surface area contributed by atoms with Crippen LogP contribution in [0.4, 0.5) is 4.39 Å². The topological polar surface area (TPSA) is 48.0 Å². The van der Waals surface area contributed by atoms with Crippen molar-refractivity contribution in [3.8, 4) is 17.2 Å². The van der Waals surface area contributed by atoms with Gasteiger partial charge < -0.3 is 19.1 Å². The molecule has 0 fully saturated rings. The van der Waals surface area contributed by atoms with Crippen molar-refractivity contribution >= 4 is 12.0 Å². The summed E-state index contributed by atoms with van der Waals surface area (Å²) in [7, 11) is 4.68. The molecular weight excluding hydrogens is 337 g/mol. The summed E-state index contributed by atoms with van der Waals surface area (Å²) in [6.07, 6.45) is 2.96. The molecule has 1 amide bonds. The van der Waals surface area contributed by atoms with Crippen molar-refractivity contribution in [1.82, 2.24) is 4.90 Å². The Morgan fingerprint density at radius 2 is 1.77 bits per heavy atom. The van der Waals surface area contributed by atoms with Gasteiger partial charge in [-0.3, -0.25) is 4.79 Å². The van der Waals surface area contributed by atoms with Crippen LogP contribution in [0.3, 0.4) is 0 Å². The Hall–Kier alpha value is -3.02. The van der Waals surface area contributed by atoms with Gasteiger partial charge in [0.15, 0.2) is 11.6 Å². The summed E-state index contributed by atoms with van der Waals surface area (Å²) in [4.78, 5) is 13.6. The average Bonchev–Trinajstić information content (AvgIpc) is 2.66.